The Balaban J connectivity index is 1.16. The number of hydrogen-bond acceptors (Lipinski definition) is 6. The maximum atomic E-state index is 13.0. The zero-order chi connectivity index (χ0) is 28.3. The minimum absolute atomic E-state index is 0.0250. The van der Waals surface area contributed by atoms with Gasteiger partial charge >= 0.3 is 12.1 Å². The largest absolute Gasteiger partial charge is 0.481 e. The van der Waals surface area contributed by atoms with Crippen molar-refractivity contribution in [1.82, 2.24) is 20.1 Å². The first-order valence-corrected chi connectivity index (χ1v) is 14.0. The normalized spacial score (nSPS) is 18.6. The Morgan fingerprint density at radius 3 is 2.48 bits per heavy atom. The van der Waals surface area contributed by atoms with Crippen molar-refractivity contribution in [1.29, 1.82) is 0 Å². The van der Waals surface area contributed by atoms with Crippen LogP contribution in [0, 0.1) is 11.8 Å². The molecule has 10 nitrogen and oxygen atoms in total. The first-order chi connectivity index (χ1) is 19.4. The number of carbonyl (C=O) groups is 4. The Morgan fingerprint density at radius 2 is 1.77 bits per heavy atom. The average molecular weight is 551 g/mol. The minimum Gasteiger partial charge on any atom is -0.481 e. The number of carbonyl (C=O) groups excluding carboxylic acids is 3. The molecular formula is C30H38N4O6. The van der Waals surface area contributed by atoms with E-state index < -0.39 is 11.9 Å². The van der Waals surface area contributed by atoms with Gasteiger partial charge in [-0.15, -0.1) is 0 Å². The smallest absolute Gasteiger partial charge is 0.410 e. The average Bonchev–Trinajstić information content (AvgIpc) is 3.00. The summed E-state index contributed by atoms with van der Waals surface area (Å²) in [6.45, 7) is 2.45. The number of likely N-dealkylation sites (tertiary alicyclic amines) is 2. The molecule has 40 heavy (non-hydrogen) atoms. The van der Waals surface area contributed by atoms with Gasteiger partial charge in [0.2, 0.25) is 11.8 Å². The van der Waals surface area contributed by atoms with Crippen molar-refractivity contribution in [3.05, 3.63) is 66.0 Å². The van der Waals surface area contributed by atoms with Gasteiger partial charge in [-0.05, 0) is 55.2 Å². The van der Waals surface area contributed by atoms with Gasteiger partial charge in [-0.3, -0.25) is 19.4 Å². The van der Waals surface area contributed by atoms with Crippen LogP contribution >= 0.6 is 0 Å². The second-order valence-electron chi connectivity index (χ2n) is 10.6. The van der Waals surface area contributed by atoms with Gasteiger partial charge in [0.05, 0.1) is 5.92 Å². The molecule has 214 valence electrons. The molecule has 2 N–H and O–H groups in total. The Bertz CT molecular complexity index is 1140. The lowest BCUT2D eigenvalue weighted by molar-refractivity contribution is -0.138. The molecule has 3 heterocycles. The number of hydrogen-bond donors (Lipinski definition) is 2. The fourth-order valence-electron chi connectivity index (χ4n) is 5.40. The quantitative estimate of drug-likeness (QED) is 0.464. The van der Waals surface area contributed by atoms with Crippen LogP contribution in [0.5, 0.6) is 0 Å². The molecule has 4 rings (SSSR count). The van der Waals surface area contributed by atoms with Gasteiger partial charge in [-0.1, -0.05) is 36.4 Å². The monoisotopic (exact) mass is 550 g/mol. The van der Waals surface area contributed by atoms with Gasteiger partial charge in [0.1, 0.15) is 12.5 Å². The lowest BCUT2D eigenvalue weighted by atomic mass is 9.91. The molecule has 0 spiro atoms. The molecule has 2 atom stereocenters. The Kier molecular flexibility index (Phi) is 10.5. The molecule has 0 unspecified atom stereocenters. The molecule has 10 heteroatoms. The van der Waals surface area contributed by atoms with E-state index in [1.54, 1.807) is 28.1 Å². The van der Waals surface area contributed by atoms with Crippen LogP contribution in [-0.2, 0) is 25.7 Å². The number of benzene rings is 1. The van der Waals surface area contributed by atoms with Crippen LogP contribution in [0.2, 0.25) is 0 Å². The zero-order valence-electron chi connectivity index (χ0n) is 22.7. The number of ether oxygens (including phenoxy) is 1. The van der Waals surface area contributed by atoms with Gasteiger partial charge in [-0.25, -0.2) is 4.79 Å². The maximum Gasteiger partial charge on any atom is 0.410 e. The SMILES string of the molecule is O=C(NC[C@H](C(=O)O)c1cccnc1)[C@H]1CCCN(C(=O)CCC2CCN(C(=O)OCc3ccccc3)CC2)C1. The summed E-state index contributed by atoms with van der Waals surface area (Å²) in [6.07, 6.45) is 7.00. The van der Waals surface area contributed by atoms with E-state index in [4.69, 9.17) is 4.74 Å². The van der Waals surface area contributed by atoms with Crippen molar-refractivity contribution in [2.45, 2.75) is 51.0 Å². The maximum absolute atomic E-state index is 13.0. The second kappa shape index (κ2) is 14.4. The first kappa shape index (κ1) is 29.0. The highest BCUT2D eigenvalue weighted by Gasteiger charge is 2.30. The molecule has 2 saturated heterocycles. The van der Waals surface area contributed by atoms with Crippen LogP contribution in [0.3, 0.4) is 0 Å². The highest BCUT2D eigenvalue weighted by atomic mass is 16.6. The summed E-state index contributed by atoms with van der Waals surface area (Å²) >= 11 is 0. The Labute approximate surface area is 234 Å². The molecule has 2 fully saturated rings. The van der Waals surface area contributed by atoms with E-state index in [1.165, 1.54) is 6.20 Å². The molecule has 0 aliphatic carbocycles. The molecule has 1 aromatic carbocycles. The lowest BCUT2D eigenvalue weighted by Gasteiger charge is -2.34. The molecule has 0 bridgehead atoms. The van der Waals surface area contributed by atoms with E-state index in [2.05, 4.69) is 10.3 Å². The second-order valence-corrected chi connectivity index (χ2v) is 10.6. The molecule has 3 amide bonds. The van der Waals surface area contributed by atoms with Crippen LogP contribution in [0.15, 0.2) is 54.9 Å². The van der Waals surface area contributed by atoms with Gasteiger partial charge in [-0.2, -0.15) is 0 Å². The molecule has 2 aromatic rings. The number of rotatable bonds is 10. The molecule has 1 aromatic heterocycles. The number of nitrogens with one attached hydrogen (secondary N) is 1. The summed E-state index contributed by atoms with van der Waals surface area (Å²) in [5.74, 6) is -2.07. The summed E-state index contributed by atoms with van der Waals surface area (Å²) in [7, 11) is 0. The highest BCUT2D eigenvalue weighted by molar-refractivity contribution is 5.83. The summed E-state index contributed by atoms with van der Waals surface area (Å²) < 4.78 is 5.44. The first-order valence-electron chi connectivity index (χ1n) is 14.0. The van der Waals surface area contributed by atoms with Crippen molar-refractivity contribution in [3.63, 3.8) is 0 Å². The summed E-state index contributed by atoms with van der Waals surface area (Å²) in [5.41, 5.74) is 1.49. The van der Waals surface area contributed by atoms with Gasteiger partial charge in [0.25, 0.3) is 0 Å². The van der Waals surface area contributed by atoms with Crippen LogP contribution in [0.1, 0.15) is 55.6 Å². The van der Waals surface area contributed by atoms with E-state index in [-0.39, 0.29) is 37.0 Å². The number of amides is 3. The predicted molar refractivity (Wildman–Crippen MR) is 147 cm³/mol. The van der Waals surface area contributed by atoms with E-state index in [9.17, 15) is 24.3 Å². The molecule has 2 aliphatic rings. The molecule has 0 saturated carbocycles. The molecular weight excluding hydrogens is 512 g/mol. The number of aromatic nitrogens is 1. The van der Waals surface area contributed by atoms with Crippen molar-refractivity contribution in [3.8, 4) is 0 Å². The van der Waals surface area contributed by atoms with Crippen LogP contribution in [-0.4, -0.2) is 76.5 Å². The third-order valence-corrected chi connectivity index (χ3v) is 7.85. The zero-order valence-corrected chi connectivity index (χ0v) is 22.7. The standard InChI is InChI=1S/C30H38N4O6/c35-27(11-10-22-12-16-33(17-13-22)30(39)40-21-23-6-2-1-3-7-23)34-15-5-9-25(20-34)28(36)32-19-26(29(37)38)24-8-4-14-31-18-24/h1-4,6-8,14,18,22,25-26H,5,9-13,15-17,19-21H2,(H,32,36)(H,37,38)/t25-,26-/m0/s1. The Hall–Kier alpha value is -3.95. The van der Waals surface area contributed by atoms with Gasteiger partial charge in [0.15, 0.2) is 0 Å². The number of carboxylic acids is 1. The lowest BCUT2D eigenvalue weighted by Crippen LogP contribution is -2.46. The predicted octanol–water partition coefficient (Wildman–Crippen LogP) is 3.43. The van der Waals surface area contributed by atoms with Gasteiger partial charge < -0.3 is 25.0 Å². The van der Waals surface area contributed by atoms with E-state index in [0.29, 0.717) is 50.5 Å². The summed E-state index contributed by atoms with van der Waals surface area (Å²) in [5, 5.41) is 12.4. The van der Waals surface area contributed by atoms with Crippen LogP contribution in [0.4, 0.5) is 4.79 Å². The number of carboxylic acid groups (broad SMARTS) is 1. The van der Waals surface area contributed by atoms with E-state index in [1.807, 2.05) is 30.3 Å². The Morgan fingerprint density at radius 1 is 1.00 bits per heavy atom. The highest BCUT2D eigenvalue weighted by Crippen LogP contribution is 2.25. The number of aliphatic carboxylic acids is 1. The third kappa shape index (κ3) is 8.27. The van der Waals surface area contributed by atoms with Crippen molar-refractivity contribution >= 4 is 23.9 Å². The number of piperidine rings is 2. The topological polar surface area (TPSA) is 129 Å². The number of nitrogens with zero attached hydrogens (tertiary/aromatic N) is 3. The van der Waals surface area contributed by atoms with Crippen molar-refractivity contribution in [2.24, 2.45) is 11.8 Å². The van der Waals surface area contributed by atoms with Crippen molar-refractivity contribution < 1.29 is 29.0 Å². The molecule has 0 radical (unpaired) electrons. The van der Waals surface area contributed by atoms with Gasteiger partial charge in [0, 0.05) is 51.5 Å². The fraction of sp³-hybridized carbons (Fsp3) is 0.500. The third-order valence-electron chi connectivity index (χ3n) is 7.85. The van der Waals surface area contributed by atoms with E-state index in [0.717, 1.165) is 31.2 Å². The fourth-order valence-corrected chi connectivity index (χ4v) is 5.40. The van der Waals surface area contributed by atoms with Crippen LogP contribution in [0.25, 0.3) is 0 Å². The van der Waals surface area contributed by atoms with E-state index >= 15 is 0 Å². The summed E-state index contributed by atoms with van der Waals surface area (Å²) in [4.78, 5) is 57.4. The number of pyridine rings is 1. The van der Waals surface area contributed by atoms with Crippen LogP contribution < -0.4 is 5.32 Å². The summed E-state index contributed by atoms with van der Waals surface area (Å²) in [6, 6.07) is 12.9. The van der Waals surface area contributed by atoms with Crippen molar-refractivity contribution in [2.75, 3.05) is 32.7 Å². The minimum atomic E-state index is -1.02. The molecule has 2 aliphatic heterocycles.